The van der Waals surface area contributed by atoms with Crippen molar-refractivity contribution in [2.24, 2.45) is 0 Å². The van der Waals surface area contributed by atoms with Crippen LogP contribution in [-0.4, -0.2) is 61.3 Å². The number of likely N-dealkylation sites (tertiary alicyclic amines) is 1. The number of aromatic nitrogens is 1. The van der Waals surface area contributed by atoms with Crippen molar-refractivity contribution in [3.63, 3.8) is 0 Å². The summed E-state index contributed by atoms with van der Waals surface area (Å²) in [5, 5.41) is 3.90. The fourth-order valence-electron chi connectivity index (χ4n) is 5.07. The Bertz CT molecular complexity index is 1260. The van der Waals surface area contributed by atoms with E-state index in [-0.39, 0.29) is 18.4 Å². The molecular formula is C28H32N4O3. The van der Waals surface area contributed by atoms with E-state index in [4.69, 9.17) is 4.74 Å². The number of ether oxygens (including phenoxy) is 1. The van der Waals surface area contributed by atoms with E-state index in [0.29, 0.717) is 25.4 Å². The fraction of sp³-hybridized carbons (Fsp3) is 0.357. The van der Waals surface area contributed by atoms with Gasteiger partial charge in [0.05, 0.1) is 19.0 Å². The first-order valence-corrected chi connectivity index (χ1v) is 12.3. The van der Waals surface area contributed by atoms with Gasteiger partial charge in [0.25, 0.3) is 5.91 Å². The van der Waals surface area contributed by atoms with Gasteiger partial charge in [-0.25, -0.2) is 0 Å². The Hall–Kier alpha value is -3.42. The largest absolute Gasteiger partial charge is 0.383 e. The summed E-state index contributed by atoms with van der Waals surface area (Å²) in [4.78, 5) is 30.4. The average Bonchev–Trinajstić information content (AvgIpc) is 3.35. The second kappa shape index (κ2) is 10.5. The molecule has 2 aliphatic heterocycles. The first-order valence-electron chi connectivity index (χ1n) is 12.3. The van der Waals surface area contributed by atoms with Gasteiger partial charge >= 0.3 is 0 Å². The molecule has 7 nitrogen and oxygen atoms in total. The lowest BCUT2D eigenvalue weighted by atomic mass is 10.0. The van der Waals surface area contributed by atoms with Crippen LogP contribution in [0.3, 0.4) is 0 Å². The van der Waals surface area contributed by atoms with E-state index in [1.165, 1.54) is 19.3 Å². The molecule has 2 aromatic carbocycles. The first-order chi connectivity index (χ1) is 17.2. The van der Waals surface area contributed by atoms with E-state index in [2.05, 4.69) is 10.2 Å². The Balaban J connectivity index is 1.46. The number of benzene rings is 2. The quantitative estimate of drug-likeness (QED) is 0.401. The number of hydrogen-bond donors (Lipinski definition) is 1. The SMILES string of the molecule is COCCNC(=O)Cn1cc(/C=C2\C(=O)N(CN3CCCCC3)c3ccccc32)c2ccccc21. The van der Waals surface area contributed by atoms with Gasteiger partial charge in [-0.3, -0.25) is 19.4 Å². The molecule has 5 rings (SSSR count). The zero-order valence-corrected chi connectivity index (χ0v) is 20.2. The molecule has 1 aromatic heterocycles. The van der Waals surface area contributed by atoms with Crippen LogP contribution in [0.2, 0.25) is 0 Å². The van der Waals surface area contributed by atoms with Gasteiger partial charge in [0.1, 0.15) is 6.54 Å². The minimum absolute atomic E-state index is 0.0333. The molecule has 1 fully saturated rings. The van der Waals surface area contributed by atoms with Crippen LogP contribution in [0.4, 0.5) is 5.69 Å². The smallest absolute Gasteiger partial charge is 0.260 e. The number of fused-ring (bicyclic) bond motifs is 2. The maximum absolute atomic E-state index is 13.7. The van der Waals surface area contributed by atoms with E-state index in [9.17, 15) is 9.59 Å². The highest BCUT2D eigenvalue weighted by molar-refractivity contribution is 6.36. The van der Waals surface area contributed by atoms with Crippen LogP contribution in [0, 0.1) is 0 Å². The van der Waals surface area contributed by atoms with Crippen molar-refractivity contribution in [2.75, 3.05) is 44.9 Å². The highest BCUT2D eigenvalue weighted by atomic mass is 16.5. The van der Waals surface area contributed by atoms with Crippen LogP contribution in [0.1, 0.15) is 30.4 Å². The number of amides is 2. The number of methoxy groups -OCH3 is 1. The van der Waals surface area contributed by atoms with Crippen LogP contribution < -0.4 is 10.2 Å². The van der Waals surface area contributed by atoms with Crippen molar-refractivity contribution in [3.05, 3.63) is 65.9 Å². The second-order valence-corrected chi connectivity index (χ2v) is 9.20. The summed E-state index contributed by atoms with van der Waals surface area (Å²) in [7, 11) is 1.61. The molecule has 3 aromatic rings. The summed E-state index contributed by atoms with van der Waals surface area (Å²) in [6.07, 6.45) is 7.59. The van der Waals surface area contributed by atoms with E-state index >= 15 is 0 Å². The molecule has 182 valence electrons. The number of carbonyl (C=O) groups excluding carboxylic acids is 2. The monoisotopic (exact) mass is 472 g/mol. The van der Waals surface area contributed by atoms with Crippen LogP contribution in [0.25, 0.3) is 22.6 Å². The molecule has 1 N–H and O–H groups in total. The van der Waals surface area contributed by atoms with E-state index in [1.807, 2.05) is 70.3 Å². The second-order valence-electron chi connectivity index (χ2n) is 9.20. The number of carbonyl (C=O) groups is 2. The Morgan fingerprint density at radius 1 is 1.06 bits per heavy atom. The summed E-state index contributed by atoms with van der Waals surface area (Å²) >= 11 is 0. The van der Waals surface area contributed by atoms with Gasteiger partial charge in [-0.1, -0.05) is 42.8 Å². The standard InChI is InChI=1S/C28H32N4O3/c1-35-16-13-29-27(33)19-31-18-21(22-9-3-5-11-25(22)31)17-24-23-10-4-6-12-26(23)32(28(24)34)20-30-14-7-2-8-15-30/h3-6,9-12,17-18H,2,7-8,13-16,19-20H2,1H3,(H,29,33)/b24-17-. The molecule has 0 aliphatic carbocycles. The Kier molecular flexibility index (Phi) is 6.97. The van der Waals surface area contributed by atoms with E-state index in [0.717, 1.165) is 40.8 Å². The first kappa shape index (κ1) is 23.3. The normalized spacial score (nSPS) is 17.3. The number of para-hydroxylation sites is 2. The highest BCUT2D eigenvalue weighted by Gasteiger charge is 2.33. The number of nitrogens with one attached hydrogen (secondary N) is 1. The van der Waals surface area contributed by atoms with Crippen LogP contribution in [0.15, 0.2) is 54.7 Å². The Morgan fingerprint density at radius 3 is 2.66 bits per heavy atom. The third kappa shape index (κ3) is 4.88. The zero-order valence-electron chi connectivity index (χ0n) is 20.2. The number of hydrogen-bond acceptors (Lipinski definition) is 4. The predicted molar refractivity (Wildman–Crippen MR) is 139 cm³/mol. The van der Waals surface area contributed by atoms with Gasteiger partial charge in [-0.15, -0.1) is 0 Å². The topological polar surface area (TPSA) is 66.8 Å². The molecule has 2 amide bonds. The molecule has 2 aliphatic rings. The summed E-state index contributed by atoms with van der Waals surface area (Å²) in [6.45, 7) is 3.85. The Labute approximate surface area is 206 Å². The molecule has 0 unspecified atom stereocenters. The van der Waals surface area contributed by atoms with Crippen molar-refractivity contribution in [1.82, 2.24) is 14.8 Å². The number of rotatable bonds is 8. The van der Waals surface area contributed by atoms with Gasteiger partial charge < -0.3 is 14.6 Å². The molecule has 0 bridgehead atoms. The molecule has 0 saturated carbocycles. The van der Waals surface area contributed by atoms with E-state index < -0.39 is 0 Å². The lowest BCUT2D eigenvalue weighted by Crippen LogP contribution is -2.42. The van der Waals surface area contributed by atoms with Gasteiger partial charge in [0, 0.05) is 47.5 Å². The van der Waals surface area contributed by atoms with E-state index in [1.54, 1.807) is 7.11 Å². The van der Waals surface area contributed by atoms with Gasteiger partial charge in [-0.05, 0) is 44.1 Å². The van der Waals surface area contributed by atoms with Crippen LogP contribution in [0.5, 0.6) is 0 Å². The van der Waals surface area contributed by atoms with Gasteiger partial charge in [-0.2, -0.15) is 0 Å². The minimum Gasteiger partial charge on any atom is -0.383 e. The number of anilines is 1. The summed E-state index contributed by atoms with van der Waals surface area (Å²) in [5.74, 6) is -0.0390. The Morgan fingerprint density at radius 2 is 1.83 bits per heavy atom. The maximum atomic E-state index is 13.7. The third-order valence-electron chi connectivity index (χ3n) is 6.81. The maximum Gasteiger partial charge on any atom is 0.260 e. The molecular weight excluding hydrogens is 440 g/mol. The molecule has 3 heterocycles. The van der Waals surface area contributed by atoms with Crippen molar-refractivity contribution >= 4 is 40.1 Å². The predicted octanol–water partition coefficient (Wildman–Crippen LogP) is 3.73. The minimum atomic E-state index is -0.0722. The van der Waals surface area contributed by atoms with Crippen molar-refractivity contribution in [3.8, 4) is 0 Å². The molecule has 0 atom stereocenters. The van der Waals surface area contributed by atoms with Crippen molar-refractivity contribution < 1.29 is 14.3 Å². The van der Waals surface area contributed by atoms with Gasteiger partial charge in [0.15, 0.2) is 0 Å². The summed E-state index contributed by atoms with van der Waals surface area (Å²) in [5.41, 5.74) is 4.53. The lowest BCUT2D eigenvalue weighted by molar-refractivity contribution is -0.121. The van der Waals surface area contributed by atoms with Crippen LogP contribution >= 0.6 is 0 Å². The fourth-order valence-corrected chi connectivity index (χ4v) is 5.07. The number of nitrogens with zero attached hydrogens (tertiary/aromatic N) is 3. The lowest BCUT2D eigenvalue weighted by Gasteiger charge is -2.30. The third-order valence-corrected chi connectivity index (χ3v) is 6.81. The number of piperidine rings is 1. The average molecular weight is 473 g/mol. The van der Waals surface area contributed by atoms with Crippen molar-refractivity contribution in [1.29, 1.82) is 0 Å². The summed E-state index contributed by atoms with van der Waals surface area (Å²) in [6, 6.07) is 16.0. The van der Waals surface area contributed by atoms with Crippen molar-refractivity contribution in [2.45, 2.75) is 25.8 Å². The molecule has 0 radical (unpaired) electrons. The molecule has 35 heavy (non-hydrogen) atoms. The zero-order chi connectivity index (χ0) is 24.2. The van der Waals surface area contributed by atoms with Crippen LogP contribution in [-0.2, 0) is 20.9 Å². The summed E-state index contributed by atoms with van der Waals surface area (Å²) < 4.78 is 6.96. The highest BCUT2D eigenvalue weighted by Crippen LogP contribution is 2.39. The molecule has 7 heteroatoms. The molecule has 1 saturated heterocycles. The van der Waals surface area contributed by atoms with Gasteiger partial charge in [0.2, 0.25) is 5.91 Å². The molecule has 0 spiro atoms.